The molecule has 2 nitrogen and oxygen atoms in total. The predicted molar refractivity (Wildman–Crippen MR) is 72.6 cm³/mol. The number of nitrogens with zero attached hydrogens (tertiary/aromatic N) is 1. The van der Waals surface area contributed by atoms with Crippen LogP contribution in [0, 0.1) is 5.41 Å². The van der Waals surface area contributed by atoms with Crippen LogP contribution in [0.2, 0.25) is 0 Å². The highest BCUT2D eigenvalue weighted by atomic mass is 127. The summed E-state index contributed by atoms with van der Waals surface area (Å²) in [5, 5.41) is 6.91. The molecule has 1 aliphatic heterocycles. The second kappa shape index (κ2) is 8.26. The molecule has 0 amide bonds. The van der Waals surface area contributed by atoms with Gasteiger partial charge in [0.1, 0.15) is 0 Å². The molecule has 0 saturated carbocycles. The number of nitrogens with one attached hydrogen (secondary N) is 1. The Morgan fingerprint density at radius 3 is 2.79 bits per heavy atom. The topological polar surface area (TPSA) is 27.1 Å². The highest BCUT2D eigenvalue weighted by Gasteiger charge is 2.09. The summed E-state index contributed by atoms with van der Waals surface area (Å²) in [4.78, 5) is 2.37. The molecular weight excluding hydrogens is 287 g/mol. The van der Waals surface area contributed by atoms with E-state index in [1.54, 1.807) is 0 Å². The van der Waals surface area contributed by atoms with Gasteiger partial charge in [-0.1, -0.05) is 6.08 Å². The molecule has 1 saturated heterocycles. The maximum atomic E-state index is 6.91. The van der Waals surface area contributed by atoms with Crippen molar-refractivity contribution in [2.75, 3.05) is 13.6 Å². The quantitative estimate of drug-likeness (QED) is 0.481. The lowest BCUT2D eigenvalue weighted by atomic mass is 10.1. The van der Waals surface area contributed by atoms with Crippen LogP contribution in [0.3, 0.4) is 0 Å². The Hall–Kier alpha value is -0.0600. The van der Waals surface area contributed by atoms with Crippen molar-refractivity contribution >= 4 is 30.2 Å². The smallest absolute Gasteiger partial charge is 0.0171 e. The summed E-state index contributed by atoms with van der Waals surface area (Å²) in [5.74, 6) is 0. The molecule has 0 radical (unpaired) electrons. The zero-order valence-corrected chi connectivity index (χ0v) is 11.3. The summed E-state index contributed by atoms with van der Waals surface area (Å²) >= 11 is 0. The number of halogens is 1. The third kappa shape index (κ3) is 4.98. The van der Waals surface area contributed by atoms with Crippen LogP contribution in [0.25, 0.3) is 0 Å². The molecule has 0 aromatic rings. The maximum Gasteiger partial charge on any atom is 0.0171 e. The van der Waals surface area contributed by atoms with Crippen LogP contribution in [-0.4, -0.2) is 24.7 Å². The molecule has 1 rings (SSSR count). The molecule has 0 atom stereocenters. The predicted octanol–water partition coefficient (Wildman–Crippen LogP) is 3.42. The van der Waals surface area contributed by atoms with Crippen LogP contribution >= 0.6 is 24.0 Å². The molecule has 0 unspecified atom stereocenters. The molecule has 0 spiro atoms. The monoisotopic (exact) mass is 308 g/mol. The van der Waals surface area contributed by atoms with Gasteiger partial charge in [0.25, 0.3) is 0 Å². The number of likely N-dealkylation sites (tertiary alicyclic amines) is 1. The first-order valence-corrected chi connectivity index (χ1v) is 5.23. The maximum absolute atomic E-state index is 6.91. The lowest BCUT2D eigenvalue weighted by molar-refractivity contribution is 0.343. The molecule has 1 N–H and O–H groups in total. The van der Waals surface area contributed by atoms with Gasteiger partial charge >= 0.3 is 0 Å². The first-order valence-electron chi connectivity index (χ1n) is 5.23. The molecular formula is C11H21IN2. The fraction of sp³-hybridized carbons (Fsp3) is 0.727. The van der Waals surface area contributed by atoms with Gasteiger partial charge in [-0.05, 0) is 44.7 Å². The number of hydrogen-bond donors (Lipinski definition) is 1. The number of hydrogen-bond acceptors (Lipinski definition) is 2. The minimum atomic E-state index is 0. The van der Waals surface area contributed by atoms with Gasteiger partial charge in [-0.25, -0.2) is 0 Å². The number of rotatable bonds is 4. The molecule has 0 bridgehead atoms. The van der Waals surface area contributed by atoms with Crippen LogP contribution in [0.15, 0.2) is 11.8 Å². The first-order chi connectivity index (χ1) is 6.34. The van der Waals surface area contributed by atoms with E-state index < -0.39 is 0 Å². The highest BCUT2D eigenvalue weighted by Crippen LogP contribution is 2.19. The molecule has 82 valence electrons. The second-order valence-electron chi connectivity index (χ2n) is 3.71. The lowest BCUT2D eigenvalue weighted by Crippen LogP contribution is -2.23. The van der Waals surface area contributed by atoms with Crippen molar-refractivity contribution in [3.05, 3.63) is 11.8 Å². The summed E-state index contributed by atoms with van der Waals surface area (Å²) in [6.45, 7) is 1.22. The number of piperidine rings is 1. The summed E-state index contributed by atoms with van der Waals surface area (Å²) in [6, 6.07) is 0. The van der Waals surface area contributed by atoms with Gasteiger partial charge in [0.15, 0.2) is 0 Å². The SMILES string of the molecule is CN1CCCC/C1=C\CCCC=N.I. The van der Waals surface area contributed by atoms with Crippen molar-refractivity contribution in [1.29, 1.82) is 5.41 Å². The largest absolute Gasteiger partial charge is 0.378 e. The number of allylic oxidation sites excluding steroid dienone is 2. The standard InChI is InChI=1S/C11H20N2.HI/c1-13-10-6-4-8-11(13)7-3-2-5-9-12;/h7,9,12H,2-6,8,10H2,1H3;1H/b11-7+,12-9?;. The van der Waals surface area contributed by atoms with Crippen LogP contribution in [0.5, 0.6) is 0 Å². The molecule has 1 heterocycles. The van der Waals surface area contributed by atoms with E-state index >= 15 is 0 Å². The Morgan fingerprint density at radius 1 is 1.36 bits per heavy atom. The number of unbranched alkanes of at least 4 members (excludes halogenated alkanes) is 2. The van der Waals surface area contributed by atoms with E-state index in [9.17, 15) is 0 Å². The summed E-state index contributed by atoms with van der Waals surface area (Å²) in [6.07, 6.45) is 11.0. The van der Waals surface area contributed by atoms with Crippen molar-refractivity contribution in [3.63, 3.8) is 0 Å². The van der Waals surface area contributed by atoms with Gasteiger partial charge in [-0.15, -0.1) is 24.0 Å². The zero-order chi connectivity index (χ0) is 9.52. The fourth-order valence-corrected chi connectivity index (χ4v) is 1.74. The normalized spacial score (nSPS) is 19.2. The van der Waals surface area contributed by atoms with Crippen molar-refractivity contribution in [2.24, 2.45) is 0 Å². The summed E-state index contributed by atoms with van der Waals surface area (Å²) in [5.41, 5.74) is 1.51. The van der Waals surface area contributed by atoms with Crippen molar-refractivity contribution in [1.82, 2.24) is 4.90 Å². The molecule has 3 heteroatoms. The van der Waals surface area contributed by atoms with E-state index in [2.05, 4.69) is 18.0 Å². The average Bonchev–Trinajstić information content (AvgIpc) is 2.15. The van der Waals surface area contributed by atoms with Crippen molar-refractivity contribution in [2.45, 2.75) is 38.5 Å². The van der Waals surface area contributed by atoms with Gasteiger partial charge in [0.2, 0.25) is 0 Å². The van der Waals surface area contributed by atoms with Gasteiger partial charge in [-0.3, -0.25) is 0 Å². The minimum Gasteiger partial charge on any atom is -0.378 e. The Balaban J connectivity index is 0.00000169. The van der Waals surface area contributed by atoms with E-state index in [4.69, 9.17) is 5.41 Å². The van der Waals surface area contributed by atoms with Crippen LogP contribution < -0.4 is 0 Å². The first kappa shape index (κ1) is 13.9. The molecule has 0 aliphatic carbocycles. The second-order valence-corrected chi connectivity index (χ2v) is 3.71. The Bertz CT molecular complexity index is 190. The van der Waals surface area contributed by atoms with Crippen LogP contribution in [-0.2, 0) is 0 Å². The summed E-state index contributed by atoms with van der Waals surface area (Å²) in [7, 11) is 2.18. The third-order valence-corrected chi connectivity index (χ3v) is 2.60. The molecule has 0 aromatic carbocycles. The molecule has 1 aliphatic rings. The molecule has 1 fully saturated rings. The summed E-state index contributed by atoms with van der Waals surface area (Å²) < 4.78 is 0. The van der Waals surface area contributed by atoms with E-state index in [-0.39, 0.29) is 24.0 Å². The third-order valence-electron chi connectivity index (χ3n) is 2.60. The Morgan fingerprint density at radius 2 is 2.14 bits per heavy atom. The van der Waals surface area contributed by atoms with Gasteiger partial charge in [0, 0.05) is 19.3 Å². The van der Waals surface area contributed by atoms with Crippen molar-refractivity contribution in [3.8, 4) is 0 Å². The van der Waals surface area contributed by atoms with Gasteiger partial charge < -0.3 is 10.3 Å². The average molecular weight is 308 g/mol. The fourth-order valence-electron chi connectivity index (χ4n) is 1.74. The van der Waals surface area contributed by atoms with Crippen molar-refractivity contribution < 1.29 is 0 Å². The lowest BCUT2D eigenvalue weighted by Gasteiger charge is -2.27. The molecule has 0 aromatic heterocycles. The minimum absolute atomic E-state index is 0. The van der Waals surface area contributed by atoms with E-state index in [1.165, 1.54) is 37.7 Å². The van der Waals surface area contributed by atoms with Crippen LogP contribution in [0.1, 0.15) is 38.5 Å². The van der Waals surface area contributed by atoms with Gasteiger partial charge in [-0.2, -0.15) is 0 Å². The van der Waals surface area contributed by atoms with Crippen LogP contribution in [0.4, 0.5) is 0 Å². The van der Waals surface area contributed by atoms with E-state index in [0.29, 0.717) is 0 Å². The zero-order valence-electron chi connectivity index (χ0n) is 8.96. The Labute approximate surface area is 104 Å². The van der Waals surface area contributed by atoms with E-state index in [0.717, 1.165) is 19.3 Å². The highest BCUT2D eigenvalue weighted by molar-refractivity contribution is 14.0. The van der Waals surface area contributed by atoms with E-state index in [1.807, 2.05) is 0 Å². The van der Waals surface area contributed by atoms with Gasteiger partial charge in [0.05, 0.1) is 0 Å². The Kier molecular flexibility index (Phi) is 8.23. The molecule has 14 heavy (non-hydrogen) atoms.